The number of nitrogens with one attached hydrogen (secondary N) is 1. The first-order chi connectivity index (χ1) is 12.1. The van der Waals surface area contributed by atoms with Crippen molar-refractivity contribution in [3.05, 3.63) is 46.8 Å². The molecule has 3 heterocycles. The maximum Gasteiger partial charge on any atom is 0.167 e. The number of likely N-dealkylation sites (tertiary alicyclic amines) is 1. The number of hydrogen-bond donors (Lipinski definition) is 1. The Morgan fingerprint density at radius 1 is 1.32 bits per heavy atom. The first kappa shape index (κ1) is 16.5. The number of nitrogens with zero attached hydrogens (tertiary/aromatic N) is 2. The molecule has 134 valence electrons. The third kappa shape index (κ3) is 2.81. The van der Waals surface area contributed by atoms with Crippen molar-refractivity contribution in [3.63, 3.8) is 0 Å². The van der Waals surface area contributed by atoms with Crippen molar-refractivity contribution in [2.45, 2.75) is 31.4 Å². The zero-order valence-corrected chi connectivity index (χ0v) is 14.1. The van der Waals surface area contributed by atoms with E-state index in [1.807, 2.05) is 6.20 Å². The minimum atomic E-state index is -0.845. The standard InChI is InChI=1S/C18H21F2N3O2/c1-24-15-3-2-14(19)16(20)13(15)11-23-7-5-18(6-8-23)17-12(4-9-25-18)10-21-22-17/h2-3,10H,4-9,11H2,1H3,(H,21,22). The summed E-state index contributed by atoms with van der Waals surface area (Å²) in [5.41, 5.74) is 2.24. The summed E-state index contributed by atoms with van der Waals surface area (Å²) in [6.45, 7) is 2.48. The predicted molar refractivity (Wildman–Crippen MR) is 87.3 cm³/mol. The summed E-state index contributed by atoms with van der Waals surface area (Å²) in [5, 5.41) is 7.25. The summed E-state index contributed by atoms with van der Waals surface area (Å²) >= 11 is 0. The lowest BCUT2D eigenvalue weighted by molar-refractivity contribution is -0.102. The van der Waals surface area contributed by atoms with Crippen LogP contribution >= 0.6 is 0 Å². The first-order valence-corrected chi connectivity index (χ1v) is 8.53. The molecule has 0 atom stereocenters. The Hall–Kier alpha value is -1.99. The van der Waals surface area contributed by atoms with Gasteiger partial charge in [-0.3, -0.25) is 10.00 Å². The lowest BCUT2D eigenvalue weighted by Gasteiger charge is -2.43. The van der Waals surface area contributed by atoms with E-state index in [-0.39, 0.29) is 11.2 Å². The number of piperidine rings is 1. The average molecular weight is 349 g/mol. The Morgan fingerprint density at radius 3 is 2.88 bits per heavy atom. The fourth-order valence-corrected chi connectivity index (χ4v) is 3.93. The van der Waals surface area contributed by atoms with E-state index in [4.69, 9.17) is 9.47 Å². The van der Waals surface area contributed by atoms with Gasteiger partial charge in [-0.25, -0.2) is 8.78 Å². The van der Waals surface area contributed by atoms with Crippen LogP contribution < -0.4 is 4.74 Å². The van der Waals surface area contributed by atoms with Crippen LogP contribution in [0, 0.1) is 11.6 Å². The summed E-state index contributed by atoms with van der Waals surface area (Å²) < 4.78 is 39.1. The number of methoxy groups -OCH3 is 1. The number of ether oxygens (including phenoxy) is 2. The van der Waals surface area contributed by atoms with Crippen molar-refractivity contribution in [2.24, 2.45) is 0 Å². The van der Waals surface area contributed by atoms with Gasteiger partial charge in [-0.1, -0.05) is 0 Å². The van der Waals surface area contributed by atoms with Crippen LogP contribution in [0.25, 0.3) is 0 Å². The Morgan fingerprint density at radius 2 is 2.12 bits per heavy atom. The molecule has 0 radical (unpaired) electrons. The second-order valence-corrected chi connectivity index (χ2v) is 6.68. The molecule has 2 aliphatic heterocycles. The summed E-state index contributed by atoms with van der Waals surface area (Å²) in [7, 11) is 1.47. The molecule has 25 heavy (non-hydrogen) atoms. The average Bonchev–Trinajstić information content (AvgIpc) is 3.12. The van der Waals surface area contributed by atoms with E-state index in [2.05, 4.69) is 15.1 Å². The van der Waals surface area contributed by atoms with Gasteiger partial charge >= 0.3 is 0 Å². The molecular formula is C18H21F2N3O2. The topological polar surface area (TPSA) is 50.4 Å². The molecule has 4 rings (SSSR count). The molecule has 1 aromatic heterocycles. The molecule has 0 aliphatic carbocycles. The number of benzene rings is 1. The lowest BCUT2D eigenvalue weighted by atomic mass is 9.83. The van der Waals surface area contributed by atoms with Gasteiger partial charge in [0.25, 0.3) is 0 Å². The summed E-state index contributed by atoms with van der Waals surface area (Å²) in [6, 6.07) is 2.57. The number of aromatic amines is 1. The molecule has 2 aliphatic rings. The number of halogens is 2. The molecular weight excluding hydrogens is 328 g/mol. The van der Waals surface area contributed by atoms with E-state index in [1.54, 1.807) is 0 Å². The molecule has 2 aromatic rings. The van der Waals surface area contributed by atoms with Crippen LogP contribution in [0.3, 0.4) is 0 Å². The highest BCUT2D eigenvalue weighted by molar-refractivity contribution is 5.35. The molecule has 0 amide bonds. The van der Waals surface area contributed by atoms with Gasteiger partial charge in [-0.15, -0.1) is 0 Å². The smallest absolute Gasteiger partial charge is 0.167 e. The molecule has 0 bridgehead atoms. The van der Waals surface area contributed by atoms with E-state index in [9.17, 15) is 8.78 Å². The SMILES string of the molecule is COc1ccc(F)c(F)c1CN1CCC2(CC1)OCCc1cn[nH]c12. The molecule has 1 saturated heterocycles. The van der Waals surface area contributed by atoms with E-state index in [0.717, 1.165) is 44.1 Å². The number of H-pyrrole nitrogens is 1. The molecule has 1 N–H and O–H groups in total. The van der Waals surface area contributed by atoms with Crippen molar-refractivity contribution in [2.75, 3.05) is 26.8 Å². The van der Waals surface area contributed by atoms with Gasteiger partial charge < -0.3 is 9.47 Å². The van der Waals surface area contributed by atoms with Gasteiger partial charge in [0.15, 0.2) is 11.6 Å². The third-order valence-corrected chi connectivity index (χ3v) is 5.34. The third-order valence-electron chi connectivity index (χ3n) is 5.34. The van der Waals surface area contributed by atoms with Crippen LogP contribution in [0.4, 0.5) is 8.78 Å². The molecule has 1 fully saturated rings. The van der Waals surface area contributed by atoms with Gasteiger partial charge in [0, 0.05) is 25.2 Å². The Balaban J connectivity index is 1.50. The van der Waals surface area contributed by atoms with Gasteiger partial charge in [0.1, 0.15) is 11.4 Å². The summed E-state index contributed by atoms with van der Waals surface area (Å²) in [4.78, 5) is 2.11. The van der Waals surface area contributed by atoms with Gasteiger partial charge in [0.2, 0.25) is 0 Å². The highest BCUT2D eigenvalue weighted by Crippen LogP contribution is 2.40. The minimum Gasteiger partial charge on any atom is -0.496 e. The molecule has 0 unspecified atom stereocenters. The van der Waals surface area contributed by atoms with Gasteiger partial charge in [0.05, 0.1) is 25.6 Å². The number of rotatable bonds is 3. The van der Waals surface area contributed by atoms with Crippen molar-refractivity contribution in [3.8, 4) is 5.75 Å². The summed E-state index contributed by atoms with van der Waals surface area (Å²) in [5.74, 6) is -1.30. The molecule has 5 nitrogen and oxygen atoms in total. The fourth-order valence-electron chi connectivity index (χ4n) is 3.93. The Bertz CT molecular complexity index is 770. The van der Waals surface area contributed by atoms with E-state index < -0.39 is 11.6 Å². The summed E-state index contributed by atoms with van der Waals surface area (Å²) in [6.07, 6.45) is 4.34. The van der Waals surface area contributed by atoms with E-state index in [1.165, 1.54) is 18.7 Å². The second kappa shape index (κ2) is 6.38. The highest BCUT2D eigenvalue weighted by Gasteiger charge is 2.42. The van der Waals surface area contributed by atoms with Crippen LogP contribution in [0.1, 0.15) is 29.7 Å². The first-order valence-electron chi connectivity index (χ1n) is 8.53. The van der Waals surface area contributed by atoms with Crippen LogP contribution in [-0.2, 0) is 23.3 Å². The van der Waals surface area contributed by atoms with Crippen LogP contribution in [-0.4, -0.2) is 41.9 Å². The van der Waals surface area contributed by atoms with Gasteiger partial charge in [-0.2, -0.15) is 5.10 Å². The van der Waals surface area contributed by atoms with Crippen LogP contribution in [0.5, 0.6) is 5.75 Å². The van der Waals surface area contributed by atoms with E-state index in [0.29, 0.717) is 18.9 Å². The molecule has 1 aromatic carbocycles. The molecule has 7 heteroatoms. The van der Waals surface area contributed by atoms with Crippen molar-refractivity contribution in [1.29, 1.82) is 0 Å². The van der Waals surface area contributed by atoms with Crippen LogP contribution in [0.2, 0.25) is 0 Å². The number of hydrogen-bond acceptors (Lipinski definition) is 4. The van der Waals surface area contributed by atoms with Crippen molar-refractivity contribution in [1.82, 2.24) is 15.1 Å². The number of fused-ring (bicyclic) bond motifs is 2. The predicted octanol–water partition coefficient (Wildman–Crippen LogP) is 2.76. The lowest BCUT2D eigenvalue weighted by Crippen LogP contribution is -2.46. The maximum atomic E-state index is 14.2. The van der Waals surface area contributed by atoms with Crippen molar-refractivity contribution >= 4 is 0 Å². The molecule has 1 spiro atoms. The highest BCUT2D eigenvalue weighted by atomic mass is 19.2. The fraction of sp³-hybridized carbons (Fsp3) is 0.500. The maximum absolute atomic E-state index is 14.2. The minimum absolute atomic E-state index is 0.269. The number of aromatic nitrogens is 2. The van der Waals surface area contributed by atoms with Crippen LogP contribution in [0.15, 0.2) is 18.3 Å². The quantitative estimate of drug-likeness (QED) is 0.926. The normalized spacial score (nSPS) is 19.8. The van der Waals surface area contributed by atoms with Crippen molar-refractivity contribution < 1.29 is 18.3 Å². The Labute approximate surface area is 144 Å². The zero-order valence-electron chi connectivity index (χ0n) is 14.1. The second-order valence-electron chi connectivity index (χ2n) is 6.68. The largest absolute Gasteiger partial charge is 0.496 e. The zero-order chi connectivity index (χ0) is 17.4. The van der Waals surface area contributed by atoms with E-state index >= 15 is 0 Å². The monoisotopic (exact) mass is 349 g/mol. The Kier molecular flexibility index (Phi) is 4.21. The molecule has 0 saturated carbocycles. The van der Waals surface area contributed by atoms with Gasteiger partial charge in [-0.05, 0) is 37.0 Å².